The molecule has 2 aromatic rings. The molecule has 1 aliphatic rings. The van der Waals surface area contributed by atoms with E-state index in [-0.39, 0.29) is 6.54 Å². The van der Waals surface area contributed by atoms with Crippen LogP contribution in [0.2, 0.25) is 0 Å². The maximum absolute atomic E-state index is 12.5. The highest BCUT2D eigenvalue weighted by Crippen LogP contribution is 2.22. The third-order valence-corrected chi connectivity index (χ3v) is 7.24. The number of anilines is 2. The first-order chi connectivity index (χ1) is 12.4. The summed E-state index contributed by atoms with van der Waals surface area (Å²) in [6, 6.07) is 3.48. The predicted molar refractivity (Wildman–Crippen MR) is 103 cm³/mol. The normalized spacial score (nSPS) is 14.8. The number of thiophene rings is 1. The summed E-state index contributed by atoms with van der Waals surface area (Å²) in [5.41, 5.74) is 0. The smallest absolute Gasteiger partial charge is 0.250 e. The van der Waals surface area contributed by atoms with E-state index in [0.29, 0.717) is 21.9 Å². The Balaban J connectivity index is 1.79. The van der Waals surface area contributed by atoms with E-state index in [4.69, 9.17) is 0 Å². The summed E-state index contributed by atoms with van der Waals surface area (Å²) in [6.07, 6.45) is 3.05. The van der Waals surface area contributed by atoms with E-state index >= 15 is 0 Å². The van der Waals surface area contributed by atoms with Crippen LogP contribution in [0.15, 0.2) is 16.3 Å². The monoisotopic (exact) mass is 396 g/mol. The number of rotatable bonds is 7. The zero-order valence-electron chi connectivity index (χ0n) is 15.3. The van der Waals surface area contributed by atoms with Crippen LogP contribution in [0.1, 0.15) is 30.5 Å². The van der Waals surface area contributed by atoms with Gasteiger partial charge in [0, 0.05) is 32.1 Å². The molecule has 0 atom stereocenters. The highest BCUT2D eigenvalue weighted by Gasteiger charge is 2.20. The van der Waals surface area contributed by atoms with Crippen molar-refractivity contribution in [3.05, 3.63) is 22.8 Å². The van der Waals surface area contributed by atoms with Gasteiger partial charge in [-0.3, -0.25) is 0 Å². The van der Waals surface area contributed by atoms with Crippen molar-refractivity contribution in [2.24, 2.45) is 0 Å². The number of nitrogens with one attached hydrogen (secondary N) is 1. The van der Waals surface area contributed by atoms with Crippen molar-refractivity contribution in [3.63, 3.8) is 0 Å². The Morgan fingerprint density at radius 1 is 1.19 bits per heavy atom. The van der Waals surface area contributed by atoms with Crippen molar-refractivity contribution >= 4 is 33.3 Å². The van der Waals surface area contributed by atoms with Gasteiger partial charge in [0.05, 0.1) is 6.54 Å². The second-order valence-electron chi connectivity index (χ2n) is 6.34. The minimum atomic E-state index is -3.57. The van der Waals surface area contributed by atoms with Gasteiger partial charge in [-0.1, -0.05) is 6.92 Å². The minimum absolute atomic E-state index is 0.0336. The Hall–Kier alpha value is -1.78. The van der Waals surface area contributed by atoms with Gasteiger partial charge in [-0.05, 0) is 31.4 Å². The highest BCUT2D eigenvalue weighted by molar-refractivity contribution is 7.91. The third-order valence-electron chi connectivity index (χ3n) is 4.12. The van der Waals surface area contributed by atoms with Gasteiger partial charge in [0.1, 0.15) is 4.21 Å². The fourth-order valence-corrected chi connectivity index (χ4v) is 4.98. The molecule has 0 amide bonds. The van der Waals surface area contributed by atoms with Crippen LogP contribution < -0.4 is 14.5 Å². The number of hydrogen-bond acceptors (Lipinski definition) is 8. The van der Waals surface area contributed by atoms with Gasteiger partial charge in [-0.25, -0.2) is 13.1 Å². The lowest BCUT2D eigenvalue weighted by atomic mass is 10.4. The second kappa shape index (κ2) is 7.85. The molecule has 26 heavy (non-hydrogen) atoms. The molecule has 0 aliphatic carbocycles. The summed E-state index contributed by atoms with van der Waals surface area (Å²) in [5.74, 6) is 1.56. The van der Waals surface area contributed by atoms with Gasteiger partial charge in [0.2, 0.25) is 21.9 Å². The molecule has 3 rings (SSSR count). The van der Waals surface area contributed by atoms with E-state index in [1.807, 2.05) is 27.1 Å². The van der Waals surface area contributed by atoms with Crippen molar-refractivity contribution in [3.8, 4) is 0 Å². The summed E-state index contributed by atoms with van der Waals surface area (Å²) in [5, 5.41) is 0. The summed E-state index contributed by atoms with van der Waals surface area (Å²) < 4.78 is 27.9. The molecule has 142 valence electrons. The van der Waals surface area contributed by atoms with Crippen molar-refractivity contribution in [2.45, 2.75) is 36.9 Å². The van der Waals surface area contributed by atoms with Crippen LogP contribution in [0.25, 0.3) is 0 Å². The molecule has 1 N–H and O–H groups in total. The maximum atomic E-state index is 12.5. The molecule has 8 nitrogen and oxygen atoms in total. The standard InChI is InChI=1S/C16H24N6O2S2/c1-4-12-7-8-14(25-12)26(23,24)17-11-13-18-15(21(2)3)20-16(19-13)22-9-5-6-10-22/h7-8,17H,4-6,9-11H2,1-3H3. The molecule has 0 aromatic carbocycles. The van der Waals surface area contributed by atoms with Gasteiger partial charge in [-0.2, -0.15) is 15.0 Å². The summed E-state index contributed by atoms with van der Waals surface area (Å²) in [4.78, 5) is 18.3. The summed E-state index contributed by atoms with van der Waals surface area (Å²) in [7, 11) is 0.140. The summed E-state index contributed by atoms with van der Waals surface area (Å²) in [6.45, 7) is 3.86. The zero-order valence-corrected chi connectivity index (χ0v) is 16.9. The molecule has 0 spiro atoms. The maximum Gasteiger partial charge on any atom is 0.250 e. The van der Waals surface area contributed by atoms with Crippen molar-refractivity contribution in [1.82, 2.24) is 19.7 Å². The average molecular weight is 397 g/mol. The Bertz CT molecular complexity index is 859. The third kappa shape index (κ3) is 4.30. The molecule has 2 aromatic heterocycles. The number of aryl methyl sites for hydroxylation is 1. The Morgan fingerprint density at radius 2 is 1.92 bits per heavy atom. The summed E-state index contributed by atoms with van der Waals surface area (Å²) >= 11 is 1.29. The van der Waals surface area contributed by atoms with E-state index < -0.39 is 10.0 Å². The molecule has 1 aliphatic heterocycles. The van der Waals surface area contributed by atoms with E-state index in [2.05, 4.69) is 24.6 Å². The average Bonchev–Trinajstić information content (AvgIpc) is 3.31. The van der Waals surface area contributed by atoms with Crippen LogP contribution in [-0.4, -0.2) is 50.6 Å². The zero-order chi connectivity index (χ0) is 18.7. The number of sulfonamides is 1. The lowest BCUT2D eigenvalue weighted by Crippen LogP contribution is -2.27. The lowest BCUT2D eigenvalue weighted by molar-refractivity contribution is 0.581. The molecule has 3 heterocycles. The van der Waals surface area contributed by atoms with Gasteiger partial charge in [0.25, 0.3) is 0 Å². The van der Waals surface area contributed by atoms with Crippen molar-refractivity contribution < 1.29 is 8.42 Å². The lowest BCUT2D eigenvalue weighted by Gasteiger charge is -2.18. The molecule has 0 bridgehead atoms. The number of aromatic nitrogens is 3. The highest BCUT2D eigenvalue weighted by atomic mass is 32.2. The molecule has 1 fully saturated rings. The van der Waals surface area contributed by atoms with Crippen LogP contribution in [0.5, 0.6) is 0 Å². The molecule has 1 saturated heterocycles. The Kier molecular flexibility index (Phi) is 5.73. The molecule has 0 saturated carbocycles. The first-order valence-electron chi connectivity index (χ1n) is 8.64. The van der Waals surface area contributed by atoms with E-state index in [0.717, 1.165) is 37.2 Å². The van der Waals surface area contributed by atoms with Crippen LogP contribution in [-0.2, 0) is 23.0 Å². The van der Waals surface area contributed by atoms with Gasteiger partial charge in [-0.15, -0.1) is 11.3 Å². The second-order valence-corrected chi connectivity index (χ2v) is 9.50. The van der Waals surface area contributed by atoms with Crippen molar-refractivity contribution in [1.29, 1.82) is 0 Å². The van der Waals surface area contributed by atoms with Gasteiger partial charge < -0.3 is 9.80 Å². The van der Waals surface area contributed by atoms with Crippen molar-refractivity contribution in [2.75, 3.05) is 37.0 Å². The van der Waals surface area contributed by atoms with Gasteiger partial charge >= 0.3 is 0 Å². The van der Waals surface area contributed by atoms with Crippen LogP contribution in [0, 0.1) is 0 Å². The first kappa shape index (κ1) is 19.0. The molecule has 0 unspecified atom stereocenters. The molecule has 10 heteroatoms. The van der Waals surface area contributed by atoms with Crippen LogP contribution in [0.4, 0.5) is 11.9 Å². The van der Waals surface area contributed by atoms with E-state index in [1.54, 1.807) is 11.0 Å². The number of nitrogens with zero attached hydrogens (tertiary/aromatic N) is 5. The minimum Gasteiger partial charge on any atom is -0.347 e. The topological polar surface area (TPSA) is 91.3 Å². The quantitative estimate of drug-likeness (QED) is 0.761. The fraction of sp³-hybridized carbons (Fsp3) is 0.562. The van der Waals surface area contributed by atoms with Crippen LogP contribution in [0.3, 0.4) is 0 Å². The fourth-order valence-electron chi connectivity index (χ4n) is 2.66. The first-order valence-corrected chi connectivity index (χ1v) is 10.9. The predicted octanol–water partition coefficient (Wildman–Crippen LogP) is 1.64. The van der Waals surface area contributed by atoms with E-state index in [9.17, 15) is 8.42 Å². The molecular formula is C16H24N6O2S2. The van der Waals surface area contributed by atoms with Gasteiger partial charge in [0.15, 0.2) is 5.82 Å². The Labute approximate surface area is 158 Å². The SMILES string of the molecule is CCc1ccc(S(=O)(=O)NCc2nc(N(C)C)nc(N3CCCC3)n2)s1. The Morgan fingerprint density at radius 3 is 2.54 bits per heavy atom. The molecule has 0 radical (unpaired) electrons. The number of hydrogen-bond donors (Lipinski definition) is 1. The van der Waals surface area contributed by atoms with Crippen LogP contribution >= 0.6 is 11.3 Å². The largest absolute Gasteiger partial charge is 0.347 e. The van der Waals surface area contributed by atoms with E-state index in [1.165, 1.54) is 11.3 Å². The molecular weight excluding hydrogens is 372 g/mol.